The van der Waals surface area contributed by atoms with Crippen molar-refractivity contribution in [2.75, 3.05) is 13.2 Å². The second kappa shape index (κ2) is 7.04. The fraction of sp³-hybridized carbons (Fsp3) is 0.462. The molecule has 0 bridgehead atoms. The van der Waals surface area contributed by atoms with Crippen LogP contribution in [0.15, 0.2) is 30.3 Å². The maximum atomic E-state index is 11.6. The molecule has 4 heteroatoms. The number of hydrogen-bond donors (Lipinski definition) is 3. The van der Waals surface area contributed by atoms with E-state index >= 15 is 0 Å². The Kier molecular flexibility index (Phi) is 5.66. The van der Waals surface area contributed by atoms with Gasteiger partial charge < -0.3 is 16.2 Å². The van der Waals surface area contributed by atoms with Gasteiger partial charge in [-0.1, -0.05) is 37.3 Å². The Morgan fingerprint density at radius 3 is 2.59 bits per heavy atom. The van der Waals surface area contributed by atoms with E-state index in [-0.39, 0.29) is 24.5 Å². The first-order chi connectivity index (χ1) is 8.17. The minimum atomic E-state index is -0.251. The Labute approximate surface area is 102 Å². The van der Waals surface area contributed by atoms with Gasteiger partial charge in [0, 0.05) is 12.5 Å². The molecule has 0 aliphatic rings. The van der Waals surface area contributed by atoms with Crippen LogP contribution < -0.4 is 11.1 Å². The molecule has 2 atom stereocenters. The third-order valence-electron chi connectivity index (χ3n) is 2.69. The van der Waals surface area contributed by atoms with Crippen molar-refractivity contribution in [1.29, 1.82) is 0 Å². The highest BCUT2D eigenvalue weighted by Crippen LogP contribution is 2.03. The third kappa shape index (κ3) is 4.54. The highest BCUT2D eigenvalue weighted by atomic mass is 16.3. The topological polar surface area (TPSA) is 75.4 Å². The van der Waals surface area contributed by atoms with E-state index in [9.17, 15) is 9.90 Å². The van der Waals surface area contributed by atoms with Gasteiger partial charge in [-0.2, -0.15) is 0 Å². The smallest absolute Gasteiger partial charge is 0.224 e. The summed E-state index contributed by atoms with van der Waals surface area (Å²) in [6.45, 7) is 2.01. The molecule has 0 heterocycles. The van der Waals surface area contributed by atoms with Gasteiger partial charge in [-0.3, -0.25) is 4.79 Å². The quantitative estimate of drug-likeness (QED) is 0.665. The molecule has 0 radical (unpaired) electrons. The van der Waals surface area contributed by atoms with E-state index < -0.39 is 0 Å². The van der Waals surface area contributed by atoms with Crippen molar-refractivity contribution in [2.45, 2.75) is 19.4 Å². The summed E-state index contributed by atoms with van der Waals surface area (Å²) < 4.78 is 0. The Balaban J connectivity index is 2.52. The molecular weight excluding hydrogens is 216 g/mol. The van der Waals surface area contributed by atoms with Gasteiger partial charge in [0.1, 0.15) is 0 Å². The lowest BCUT2D eigenvalue weighted by Gasteiger charge is -2.18. The van der Waals surface area contributed by atoms with Gasteiger partial charge in [0.15, 0.2) is 0 Å². The van der Waals surface area contributed by atoms with Crippen LogP contribution in [0.2, 0.25) is 0 Å². The molecule has 17 heavy (non-hydrogen) atoms. The predicted molar refractivity (Wildman–Crippen MR) is 67.4 cm³/mol. The van der Waals surface area contributed by atoms with E-state index in [4.69, 9.17) is 5.73 Å². The van der Waals surface area contributed by atoms with Gasteiger partial charge in [0.05, 0.1) is 12.6 Å². The molecule has 1 aromatic carbocycles. The number of carbonyl (C=O) groups is 1. The number of nitrogens with two attached hydrogens (primary N) is 1. The molecule has 0 aliphatic carbocycles. The van der Waals surface area contributed by atoms with E-state index in [0.717, 1.165) is 5.56 Å². The van der Waals surface area contributed by atoms with E-state index in [1.807, 2.05) is 30.3 Å². The molecule has 94 valence electrons. The molecule has 1 aromatic rings. The Morgan fingerprint density at radius 2 is 2.06 bits per heavy atom. The maximum absolute atomic E-state index is 11.6. The standard InChI is InChI=1S/C13H20N2O2/c1-10(8-14)13(17)15-12(9-16)7-11-5-3-2-4-6-11/h2-6,10,12,16H,7-9,14H2,1H3,(H,15,17)/t10?,12-/m0/s1. The number of aliphatic hydroxyl groups is 1. The molecule has 0 saturated carbocycles. The van der Waals surface area contributed by atoms with E-state index in [1.54, 1.807) is 6.92 Å². The number of amides is 1. The van der Waals surface area contributed by atoms with Crippen molar-refractivity contribution in [1.82, 2.24) is 5.32 Å². The van der Waals surface area contributed by atoms with Crippen molar-refractivity contribution >= 4 is 5.91 Å². The molecule has 0 aliphatic heterocycles. The molecule has 4 nitrogen and oxygen atoms in total. The van der Waals surface area contributed by atoms with Gasteiger partial charge in [-0.25, -0.2) is 0 Å². The van der Waals surface area contributed by atoms with Crippen molar-refractivity contribution in [2.24, 2.45) is 11.7 Å². The van der Waals surface area contributed by atoms with Crippen LogP contribution in [0.25, 0.3) is 0 Å². The van der Waals surface area contributed by atoms with Crippen LogP contribution in [0.1, 0.15) is 12.5 Å². The fourth-order valence-corrected chi connectivity index (χ4v) is 1.51. The molecule has 1 amide bonds. The Hall–Kier alpha value is -1.39. The molecular formula is C13H20N2O2. The summed E-state index contributed by atoms with van der Waals surface area (Å²) >= 11 is 0. The van der Waals surface area contributed by atoms with Gasteiger partial charge >= 0.3 is 0 Å². The molecule has 0 saturated heterocycles. The minimum Gasteiger partial charge on any atom is -0.394 e. The summed E-state index contributed by atoms with van der Waals surface area (Å²) in [7, 11) is 0. The normalized spacial score (nSPS) is 14.1. The van der Waals surface area contributed by atoms with Crippen LogP contribution in [0, 0.1) is 5.92 Å². The van der Waals surface area contributed by atoms with Crippen molar-refractivity contribution in [3.8, 4) is 0 Å². The Bertz CT molecular complexity index is 341. The molecule has 1 unspecified atom stereocenters. The molecule has 1 rings (SSSR count). The number of carbonyl (C=O) groups excluding carboxylic acids is 1. The number of hydrogen-bond acceptors (Lipinski definition) is 3. The second-order valence-electron chi connectivity index (χ2n) is 4.21. The van der Waals surface area contributed by atoms with Gasteiger partial charge in [0.25, 0.3) is 0 Å². The summed E-state index contributed by atoms with van der Waals surface area (Å²) in [5, 5.41) is 12.0. The zero-order valence-electron chi connectivity index (χ0n) is 10.1. The van der Waals surface area contributed by atoms with E-state index in [2.05, 4.69) is 5.32 Å². The summed E-state index contributed by atoms with van der Waals surface area (Å²) in [5.74, 6) is -0.331. The zero-order chi connectivity index (χ0) is 12.7. The maximum Gasteiger partial charge on any atom is 0.224 e. The first-order valence-corrected chi connectivity index (χ1v) is 5.82. The fourth-order valence-electron chi connectivity index (χ4n) is 1.51. The number of nitrogens with one attached hydrogen (secondary N) is 1. The summed E-state index contributed by atoms with van der Waals surface area (Å²) in [6, 6.07) is 9.51. The highest BCUT2D eigenvalue weighted by molar-refractivity contribution is 5.78. The van der Waals surface area contributed by atoms with Crippen molar-refractivity contribution < 1.29 is 9.90 Å². The highest BCUT2D eigenvalue weighted by Gasteiger charge is 2.16. The van der Waals surface area contributed by atoms with Crippen LogP contribution in [0.3, 0.4) is 0 Å². The zero-order valence-corrected chi connectivity index (χ0v) is 10.1. The van der Waals surface area contributed by atoms with Crippen molar-refractivity contribution in [3.05, 3.63) is 35.9 Å². The largest absolute Gasteiger partial charge is 0.394 e. The van der Waals surface area contributed by atoms with Crippen LogP contribution in [0.4, 0.5) is 0 Å². The van der Waals surface area contributed by atoms with Crippen molar-refractivity contribution in [3.63, 3.8) is 0 Å². The first kappa shape index (κ1) is 13.7. The van der Waals surface area contributed by atoms with Gasteiger partial charge in [0.2, 0.25) is 5.91 Å². The molecule has 4 N–H and O–H groups in total. The lowest BCUT2D eigenvalue weighted by Crippen LogP contribution is -2.43. The summed E-state index contributed by atoms with van der Waals surface area (Å²) in [4.78, 5) is 11.6. The minimum absolute atomic E-state index is 0.0715. The number of rotatable bonds is 6. The van der Waals surface area contributed by atoms with Crippen LogP contribution in [0.5, 0.6) is 0 Å². The summed E-state index contributed by atoms with van der Waals surface area (Å²) in [5.41, 5.74) is 6.51. The van der Waals surface area contributed by atoms with E-state index in [1.165, 1.54) is 0 Å². The molecule has 0 fully saturated rings. The average molecular weight is 236 g/mol. The third-order valence-corrected chi connectivity index (χ3v) is 2.69. The SMILES string of the molecule is CC(CN)C(=O)N[C@H](CO)Cc1ccccc1. The van der Waals surface area contributed by atoms with Gasteiger partial charge in [-0.15, -0.1) is 0 Å². The second-order valence-corrected chi connectivity index (χ2v) is 4.21. The van der Waals surface area contributed by atoms with Crippen LogP contribution in [-0.4, -0.2) is 30.2 Å². The van der Waals surface area contributed by atoms with Crippen LogP contribution in [-0.2, 0) is 11.2 Å². The summed E-state index contributed by atoms with van der Waals surface area (Å²) in [6.07, 6.45) is 0.625. The van der Waals surface area contributed by atoms with Gasteiger partial charge in [-0.05, 0) is 12.0 Å². The lowest BCUT2D eigenvalue weighted by molar-refractivity contribution is -0.125. The van der Waals surface area contributed by atoms with E-state index in [0.29, 0.717) is 13.0 Å². The lowest BCUT2D eigenvalue weighted by atomic mass is 10.1. The molecule has 0 aromatic heterocycles. The monoisotopic (exact) mass is 236 g/mol. The number of aliphatic hydroxyl groups excluding tert-OH is 1. The predicted octanol–water partition coefficient (Wildman–Crippen LogP) is 0.301. The van der Waals surface area contributed by atoms with Crippen LogP contribution >= 0.6 is 0 Å². The first-order valence-electron chi connectivity index (χ1n) is 5.82. The number of benzene rings is 1. The Morgan fingerprint density at radius 1 is 1.41 bits per heavy atom. The average Bonchev–Trinajstić information content (AvgIpc) is 2.38. The molecule has 0 spiro atoms.